The lowest BCUT2D eigenvalue weighted by Gasteiger charge is -2.21. The Hall–Kier alpha value is -1.58. The molecule has 0 fully saturated rings. The lowest BCUT2D eigenvalue weighted by molar-refractivity contribution is -0.132. The minimum atomic E-state index is -0.491. The second kappa shape index (κ2) is 6.10. The maximum Gasteiger partial charge on any atom is 0.356 e. The summed E-state index contributed by atoms with van der Waals surface area (Å²) in [6.45, 7) is 11.5. The van der Waals surface area contributed by atoms with Crippen molar-refractivity contribution in [3.8, 4) is 0 Å². The van der Waals surface area contributed by atoms with Crippen LogP contribution in [0, 0.1) is 0 Å². The van der Waals surface area contributed by atoms with Crippen LogP contribution in [0.15, 0.2) is 29.5 Å². The topological polar surface area (TPSA) is 50.7 Å². The first-order valence-corrected chi connectivity index (χ1v) is 5.03. The number of nitrogens with one attached hydrogen (secondary N) is 1. The Bertz CT molecular complexity index is 328. The van der Waals surface area contributed by atoms with Gasteiger partial charge < -0.3 is 10.1 Å². The van der Waals surface area contributed by atoms with Crippen LogP contribution in [-0.4, -0.2) is 24.3 Å². The standard InChI is InChI=1S/C12H20N2O2.H2/c1-7-10(11(15)16-6)13-8-9(2)14-12(3,4)5;/h7-8,14H,1H2,2-6H3;1H/b9-8+,13-10?;. The molecule has 0 rings (SSSR count). The number of carbonyl (C=O) groups is 1. The molecule has 0 aliphatic heterocycles. The zero-order valence-corrected chi connectivity index (χ0v) is 10.6. The maximum absolute atomic E-state index is 11.2. The van der Waals surface area contributed by atoms with E-state index in [0.29, 0.717) is 0 Å². The van der Waals surface area contributed by atoms with E-state index in [9.17, 15) is 4.79 Å². The van der Waals surface area contributed by atoms with E-state index < -0.39 is 5.97 Å². The van der Waals surface area contributed by atoms with E-state index in [0.717, 1.165) is 5.70 Å². The molecule has 4 heteroatoms. The monoisotopic (exact) mass is 226 g/mol. The fraction of sp³-hybridized carbons (Fsp3) is 0.500. The van der Waals surface area contributed by atoms with Crippen molar-refractivity contribution in [2.24, 2.45) is 4.99 Å². The summed E-state index contributed by atoms with van der Waals surface area (Å²) in [6.07, 6.45) is 2.95. The highest BCUT2D eigenvalue weighted by molar-refractivity contribution is 6.41. The highest BCUT2D eigenvalue weighted by atomic mass is 16.5. The first-order chi connectivity index (χ1) is 7.30. The number of hydrogen-bond donors (Lipinski definition) is 1. The lowest BCUT2D eigenvalue weighted by Crippen LogP contribution is -2.34. The predicted octanol–water partition coefficient (Wildman–Crippen LogP) is 2.28. The van der Waals surface area contributed by atoms with E-state index in [-0.39, 0.29) is 12.7 Å². The summed E-state index contributed by atoms with van der Waals surface area (Å²) in [6, 6.07) is 0. The Morgan fingerprint density at radius 1 is 1.50 bits per heavy atom. The molecule has 0 saturated carbocycles. The largest absolute Gasteiger partial charge is 0.464 e. The van der Waals surface area contributed by atoms with E-state index in [1.54, 1.807) is 6.20 Å². The van der Waals surface area contributed by atoms with Gasteiger partial charge in [0.15, 0.2) is 0 Å². The van der Waals surface area contributed by atoms with Crippen molar-refractivity contribution >= 4 is 11.7 Å². The molecule has 0 unspecified atom stereocenters. The third kappa shape index (κ3) is 6.01. The van der Waals surface area contributed by atoms with Crippen molar-refractivity contribution in [3.05, 3.63) is 24.6 Å². The number of nitrogens with zero attached hydrogens (tertiary/aromatic N) is 1. The summed E-state index contributed by atoms with van der Waals surface area (Å²) in [4.78, 5) is 15.2. The normalized spacial score (nSPS) is 13.3. The number of esters is 1. The summed E-state index contributed by atoms with van der Waals surface area (Å²) in [5, 5.41) is 3.22. The molecule has 0 bridgehead atoms. The fourth-order valence-corrected chi connectivity index (χ4v) is 1.08. The van der Waals surface area contributed by atoms with Crippen LogP contribution in [0.5, 0.6) is 0 Å². The SMILES string of the molecule is C=CC(=N/C=C(\C)NC(C)(C)C)C(=O)OC.[HH]. The average molecular weight is 226 g/mol. The number of allylic oxidation sites excluding steroid dienone is 1. The molecule has 0 heterocycles. The van der Waals surface area contributed by atoms with Gasteiger partial charge in [0, 0.05) is 18.9 Å². The molecule has 16 heavy (non-hydrogen) atoms. The van der Waals surface area contributed by atoms with Crippen LogP contribution in [0.2, 0.25) is 0 Å². The number of carbonyl (C=O) groups excluding carboxylic acids is 1. The molecule has 0 amide bonds. The van der Waals surface area contributed by atoms with E-state index in [2.05, 4.69) is 21.6 Å². The van der Waals surface area contributed by atoms with Crippen molar-refractivity contribution in [2.75, 3.05) is 7.11 Å². The molecule has 1 N–H and O–H groups in total. The molecule has 0 aliphatic carbocycles. The summed E-state index contributed by atoms with van der Waals surface area (Å²) >= 11 is 0. The second-order valence-electron chi connectivity index (χ2n) is 4.40. The van der Waals surface area contributed by atoms with Gasteiger partial charge in [-0.25, -0.2) is 9.79 Å². The average Bonchev–Trinajstić information content (AvgIpc) is 2.15. The molecule has 4 nitrogen and oxygen atoms in total. The van der Waals surface area contributed by atoms with Crippen LogP contribution in [0.25, 0.3) is 0 Å². The summed E-state index contributed by atoms with van der Waals surface area (Å²) < 4.78 is 4.55. The van der Waals surface area contributed by atoms with Crippen LogP contribution in [0.4, 0.5) is 0 Å². The van der Waals surface area contributed by atoms with Gasteiger partial charge in [0.05, 0.1) is 7.11 Å². The van der Waals surface area contributed by atoms with Gasteiger partial charge in [-0.05, 0) is 33.8 Å². The number of ether oxygens (including phenoxy) is 1. The van der Waals surface area contributed by atoms with Crippen molar-refractivity contribution in [2.45, 2.75) is 33.2 Å². The van der Waals surface area contributed by atoms with Crippen molar-refractivity contribution in [3.63, 3.8) is 0 Å². The molecule has 0 radical (unpaired) electrons. The molecular weight excluding hydrogens is 204 g/mol. The molecule has 92 valence electrons. The second-order valence-corrected chi connectivity index (χ2v) is 4.40. The zero-order valence-electron chi connectivity index (χ0n) is 10.6. The molecular formula is C12H22N2O2. The van der Waals surface area contributed by atoms with Gasteiger partial charge >= 0.3 is 5.97 Å². The lowest BCUT2D eigenvalue weighted by atomic mass is 10.1. The van der Waals surface area contributed by atoms with Gasteiger partial charge in [-0.15, -0.1) is 0 Å². The fourth-order valence-electron chi connectivity index (χ4n) is 1.08. The molecule has 0 saturated heterocycles. The minimum absolute atomic E-state index is 0. The Morgan fingerprint density at radius 2 is 2.06 bits per heavy atom. The highest BCUT2D eigenvalue weighted by Crippen LogP contribution is 2.03. The van der Waals surface area contributed by atoms with Crippen LogP contribution in [0.1, 0.15) is 29.1 Å². The third-order valence-electron chi connectivity index (χ3n) is 1.56. The van der Waals surface area contributed by atoms with Crippen LogP contribution in [0.3, 0.4) is 0 Å². The van der Waals surface area contributed by atoms with Crippen molar-refractivity contribution < 1.29 is 11.0 Å². The van der Waals surface area contributed by atoms with Gasteiger partial charge in [0.2, 0.25) is 0 Å². The first-order valence-electron chi connectivity index (χ1n) is 5.03. The van der Waals surface area contributed by atoms with E-state index >= 15 is 0 Å². The molecule has 0 aromatic rings. The van der Waals surface area contributed by atoms with Crippen molar-refractivity contribution in [1.82, 2.24) is 5.32 Å². The first kappa shape index (κ1) is 14.4. The van der Waals surface area contributed by atoms with Gasteiger partial charge in [0.25, 0.3) is 0 Å². The van der Waals surface area contributed by atoms with Gasteiger partial charge in [-0.2, -0.15) is 0 Å². The summed E-state index contributed by atoms with van der Waals surface area (Å²) in [5.41, 5.74) is 1.03. The third-order valence-corrected chi connectivity index (χ3v) is 1.56. The van der Waals surface area contributed by atoms with Crippen LogP contribution < -0.4 is 5.32 Å². The Balaban J connectivity index is 0. The Labute approximate surface area is 98.6 Å². The minimum Gasteiger partial charge on any atom is -0.464 e. The number of hydrogen-bond acceptors (Lipinski definition) is 4. The van der Waals surface area contributed by atoms with Crippen LogP contribution >= 0.6 is 0 Å². The molecule has 0 aromatic heterocycles. The number of methoxy groups -OCH3 is 1. The maximum atomic E-state index is 11.2. The Morgan fingerprint density at radius 3 is 2.44 bits per heavy atom. The number of aliphatic imine (C=N–C) groups is 1. The quantitative estimate of drug-likeness (QED) is 0.591. The van der Waals surface area contributed by atoms with Gasteiger partial charge in [-0.1, -0.05) is 6.58 Å². The summed E-state index contributed by atoms with van der Waals surface area (Å²) in [5.74, 6) is -0.491. The van der Waals surface area contributed by atoms with E-state index in [4.69, 9.17) is 0 Å². The zero-order chi connectivity index (χ0) is 12.8. The Kier molecular flexibility index (Phi) is 5.50. The van der Waals surface area contributed by atoms with E-state index in [1.165, 1.54) is 13.2 Å². The smallest absolute Gasteiger partial charge is 0.356 e. The predicted molar refractivity (Wildman–Crippen MR) is 68.4 cm³/mol. The van der Waals surface area contributed by atoms with Crippen LogP contribution in [-0.2, 0) is 9.53 Å². The van der Waals surface area contributed by atoms with Crippen molar-refractivity contribution in [1.29, 1.82) is 0 Å². The van der Waals surface area contributed by atoms with Gasteiger partial charge in [0.1, 0.15) is 5.71 Å². The van der Waals surface area contributed by atoms with E-state index in [1.807, 2.05) is 27.7 Å². The molecule has 0 atom stereocenters. The number of rotatable bonds is 4. The molecule has 0 aliphatic rings. The molecule has 0 aromatic carbocycles. The summed E-state index contributed by atoms with van der Waals surface area (Å²) in [7, 11) is 1.31. The highest BCUT2D eigenvalue weighted by Gasteiger charge is 2.09. The van der Waals surface area contributed by atoms with Gasteiger partial charge in [-0.3, -0.25) is 0 Å². The molecule has 0 spiro atoms.